The molecule has 2 rings (SSSR count). The van der Waals surface area contributed by atoms with Gasteiger partial charge < -0.3 is 14.7 Å². The zero-order chi connectivity index (χ0) is 11.3. The van der Waals surface area contributed by atoms with E-state index in [0.29, 0.717) is 5.75 Å². The molecule has 0 saturated heterocycles. The minimum Gasteiger partial charge on any atom is -0.508 e. The zero-order valence-corrected chi connectivity index (χ0v) is 9.66. The number of phenolic OH excluding ortho intramolecular Hbond substituents is 1. The summed E-state index contributed by atoms with van der Waals surface area (Å²) in [6, 6.07) is 5.25. The zero-order valence-electron chi connectivity index (χ0n) is 9.66. The van der Waals surface area contributed by atoms with Gasteiger partial charge in [-0.3, -0.25) is 0 Å². The minimum absolute atomic E-state index is 0.328. The molecule has 0 aliphatic carbocycles. The first-order valence-electron chi connectivity index (χ1n) is 5.15. The van der Waals surface area contributed by atoms with Crippen LogP contribution in [0.1, 0.15) is 12.0 Å². The third-order valence-electron chi connectivity index (χ3n) is 1.89. The van der Waals surface area contributed by atoms with Crippen LogP contribution in [-0.4, -0.2) is 37.8 Å². The number of hydrogen-bond donors (Lipinski definition) is 1. The number of ether oxygens (including phenoxy) is 1. The van der Waals surface area contributed by atoms with Crippen molar-refractivity contribution in [2.75, 3.05) is 27.7 Å². The summed E-state index contributed by atoms with van der Waals surface area (Å²) in [5.74, 6) is 1.25. The summed E-state index contributed by atoms with van der Waals surface area (Å²) in [4.78, 5) is 2.00. The Labute approximate surface area is 91.3 Å². The number of benzene rings is 1. The van der Waals surface area contributed by atoms with E-state index >= 15 is 0 Å². The number of phenols is 1. The molecule has 1 aromatic carbocycles. The van der Waals surface area contributed by atoms with Gasteiger partial charge in [0.05, 0.1) is 6.61 Å². The third-order valence-corrected chi connectivity index (χ3v) is 1.89. The Bertz CT molecular complexity index is 308. The monoisotopic (exact) mass is 209 g/mol. The van der Waals surface area contributed by atoms with Gasteiger partial charge in [0.1, 0.15) is 11.5 Å². The Morgan fingerprint density at radius 1 is 1.27 bits per heavy atom. The van der Waals surface area contributed by atoms with Crippen LogP contribution >= 0.6 is 0 Å². The molecule has 15 heavy (non-hydrogen) atoms. The van der Waals surface area contributed by atoms with Crippen molar-refractivity contribution in [3.63, 3.8) is 0 Å². The van der Waals surface area contributed by atoms with Gasteiger partial charge in [0, 0.05) is 0 Å². The second-order valence-corrected chi connectivity index (χ2v) is 4.09. The molecule has 1 aliphatic heterocycles. The lowest BCUT2D eigenvalue weighted by molar-refractivity contribution is 0.287. The maximum Gasteiger partial charge on any atom is 0.122 e. The fourth-order valence-electron chi connectivity index (χ4n) is 1.35. The Morgan fingerprint density at radius 3 is 2.60 bits per heavy atom. The van der Waals surface area contributed by atoms with Gasteiger partial charge >= 0.3 is 0 Å². The average Bonchev–Trinajstić information content (AvgIpc) is 2.16. The van der Waals surface area contributed by atoms with Crippen molar-refractivity contribution in [1.29, 1.82) is 0 Å². The lowest BCUT2D eigenvalue weighted by atomic mass is 10.1. The molecule has 84 valence electrons. The van der Waals surface area contributed by atoms with Crippen LogP contribution in [0.3, 0.4) is 0 Å². The Hall–Kier alpha value is -1.22. The van der Waals surface area contributed by atoms with Crippen molar-refractivity contribution in [3.8, 4) is 11.5 Å². The van der Waals surface area contributed by atoms with E-state index in [0.717, 1.165) is 30.8 Å². The number of nitrogens with zero attached hydrogens (tertiary/aromatic N) is 1. The van der Waals surface area contributed by atoms with E-state index in [1.807, 2.05) is 32.1 Å². The topological polar surface area (TPSA) is 32.7 Å². The molecule has 0 fully saturated rings. The Balaban J connectivity index is 0.000000245. The van der Waals surface area contributed by atoms with Crippen molar-refractivity contribution in [2.45, 2.75) is 12.8 Å². The molecule has 0 spiro atoms. The minimum atomic E-state index is 0.328. The van der Waals surface area contributed by atoms with Crippen LogP contribution in [0.2, 0.25) is 0 Å². The van der Waals surface area contributed by atoms with Crippen LogP contribution in [0.15, 0.2) is 18.2 Å². The fourth-order valence-corrected chi connectivity index (χ4v) is 1.35. The van der Waals surface area contributed by atoms with Gasteiger partial charge in [-0.15, -0.1) is 0 Å². The Morgan fingerprint density at radius 2 is 1.93 bits per heavy atom. The van der Waals surface area contributed by atoms with Gasteiger partial charge in [0.25, 0.3) is 0 Å². The molecule has 0 aromatic heterocycles. The highest BCUT2D eigenvalue weighted by molar-refractivity contribution is 5.40. The highest BCUT2D eigenvalue weighted by Gasteiger charge is 2.09. The second-order valence-electron chi connectivity index (χ2n) is 4.09. The summed E-state index contributed by atoms with van der Waals surface area (Å²) in [5.41, 5.74) is 1.12. The summed E-state index contributed by atoms with van der Waals surface area (Å²) >= 11 is 0. The molecule has 0 atom stereocenters. The summed E-state index contributed by atoms with van der Waals surface area (Å²) in [5, 5.41) is 9.13. The van der Waals surface area contributed by atoms with Crippen molar-refractivity contribution in [3.05, 3.63) is 23.8 Å². The van der Waals surface area contributed by atoms with E-state index in [2.05, 4.69) is 0 Å². The lowest BCUT2D eigenvalue weighted by Crippen LogP contribution is -2.07. The first-order chi connectivity index (χ1) is 7.09. The maximum atomic E-state index is 9.13. The number of aryl methyl sites for hydroxylation is 1. The number of aromatic hydroxyl groups is 1. The number of hydrogen-bond acceptors (Lipinski definition) is 3. The molecule has 0 amide bonds. The molecule has 1 heterocycles. The highest BCUT2D eigenvalue weighted by Crippen LogP contribution is 2.27. The number of fused-ring (bicyclic) bond motifs is 1. The molecule has 0 bridgehead atoms. The van der Waals surface area contributed by atoms with Crippen molar-refractivity contribution >= 4 is 0 Å². The van der Waals surface area contributed by atoms with E-state index < -0.39 is 0 Å². The molecular weight excluding hydrogens is 190 g/mol. The molecule has 0 saturated carbocycles. The molecule has 1 N–H and O–H groups in total. The van der Waals surface area contributed by atoms with Gasteiger partial charge in [-0.05, 0) is 57.7 Å². The summed E-state index contributed by atoms with van der Waals surface area (Å²) in [6.07, 6.45) is 2.07. The van der Waals surface area contributed by atoms with Crippen LogP contribution in [0.4, 0.5) is 0 Å². The first kappa shape index (κ1) is 11.9. The van der Waals surface area contributed by atoms with Crippen LogP contribution in [0.25, 0.3) is 0 Å². The molecular formula is C12H19NO2. The van der Waals surface area contributed by atoms with Crippen molar-refractivity contribution in [1.82, 2.24) is 4.90 Å². The molecule has 1 aromatic rings. The van der Waals surface area contributed by atoms with Crippen LogP contribution in [-0.2, 0) is 6.42 Å². The van der Waals surface area contributed by atoms with Crippen molar-refractivity contribution in [2.24, 2.45) is 0 Å². The van der Waals surface area contributed by atoms with Gasteiger partial charge in [-0.2, -0.15) is 0 Å². The van der Waals surface area contributed by atoms with Gasteiger partial charge in [-0.25, -0.2) is 0 Å². The predicted molar refractivity (Wildman–Crippen MR) is 61.5 cm³/mol. The van der Waals surface area contributed by atoms with Gasteiger partial charge in [0.2, 0.25) is 0 Å². The largest absolute Gasteiger partial charge is 0.508 e. The van der Waals surface area contributed by atoms with Gasteiger partial charge in [-0.1, -0.05) is 0 Å². The summed E-state index contributed by atoms with van der Waals surface area (Å²) in [6.45, 7) is 0.803. The van der Waals surface area contributed by atoms with E-state index in [-0.39, 0.29) is 0 Å². The van der Waals surface area contributed by atoms with Crippen LogP contribution < -0.4 is 4.74 Å². The Kier molecular flexibility index (Phi) is 4.43. The molecule has 0 radical (unpaired) electrons. The molecule has 0 unspecified atom stereocenters. The van der Waals surface area contributed by atoms with E-state index in [9.17, 15) is 0 Å². The smallest absolute Gasteiger partial charge is 0.122 e. The SMILES string of the molecule is CN(C)C.Oc1ccc2c(c1)CCCO2. The molecule has 3 nitrogen and oxygen atoms in total. The highest BCUT2D eigenvalue weighted by atomic mass is 16.5. The fraction of sp³-hybridized carbons (Fsp3) is 0.500. The second kappa shape index (κ2) is 5.61. The lowest BCUT2D eigenvalue weighted by Gasteiger charge is -2.16. The normalized spacial score (nSPS) is 13.6. The van der Waals surface area contributed by atoms with E-state index in [1.165, 1.54) is 0 Å². The average molecular weight is 209 g/mol. The summed E-state index contributed by atoms with van der Waals surface area (Å²) < 4.78 is 5.37. The van der Waals surface area contributed by atoms with E-state index in [1.54, 1.807) is 12.1 Å². The molecule has 1 aliphatic rings. The van der Waals surface area contributed by atoms with E-state index in [4.69, 9.17) is 9.84 Å². The third kappa shape index (κ3) is 4.21. The van der Waals surface area contributed by atoms with Crippen molar-refractivity contribution < 1.29 is 9.84 Å². The van der Waals surface area contributed by atoms with Crippen LogP contribution in [0, 0.1) is 0 Å². The number of rotatable bonds is 0. The predicted octanol–water partition coefficient (Wildman–Crippen LogP) is 1.89. The maximum absolute atomic E-state index is 9.13. The quantitative estimate of drug-likeness (QED) is 0.708. The van der Waals surface area contributed by atoms with Crippen LogP contribution in [0.5, 0.6) is 11.5 Å². The van der Waals surface area contributed by atoms with Gasteiger partial charge in [0.15, 0.2) is 0 Å². The standard InChI is InChI=1S/C9H10O2.C3H9N/c10-8-3-4-9-7(6-8)2-1-5-11-9;1-4(2)3/h3-4,6,10H,1-2,5H2;1-3H3. The first-order valence-corrected chi connectivity index (χ1v) is 5.15. The molecule has 3 heteroatoms. The summed E-state index contributed by atoms with van der Waals surface area (Å²) in [7, 11) is 6.00.